The Morgan fingerprint density at radius 2 is 0.792 bits per heavy atom. The first kappa shape index (κ1) is 21.5. The highest BCUT2D eigenvalue weighted by Gasteiger charge is 2.20. The number of benzene rings is 1. The fourth-order valence-corrected chi connectivity index (χ4v) is 5.97. The summed E-state index contributed by atoms with van der Waals surface area (Å²) in [7, 11) is -3.58. The van der Waals surface area contributed by atoms with Crippen molar-refractivity contribution in [2.45, 2.75) is 53.4 Å². The topological polar surface area (TPSA) is 36.9 Å². The van der Waals surface area contributed by atoms with Gasteiger partial charge in [0.1, 0.15) is 0 Å². The van der Waals surface area contributed by atoms with Crippen LogP contribution < -0.4 is 10.4 Å². The van der Waals surface area contributed by atoms with Crippen LogP contribution in [0.1, 0.15) is 53.4 Å². The van der Waals surface area contributed by atoms with Crippen LogP contribution in [0.25, 0.3) is 0 Å². The van der Waals surface area contributed by atoms with Gasteiger partial charge < -0.3 is 17.7 Å². The van der Waals surface area contributed by atoms with E-state index in [1.807, 2.05) is 0 Å². The summed E-state index contributed by atoms with van der Waals surface area (Å²) in [5.74, 6) is 0. The van der Waals surface area contributed by atoms with Gasteiger partial charge in [-0.1, -0.05) is 52.0 Å². The fourth-order valence-electron chi connectivity index (χ4n) is 2.19. The summed E-state index contributed by atoms with van der Waals surface area (Å²) in [5.41, 5.74) is 0. The minimum absolute atomic E-state index is 0.763. The molecule has 0 amide bonds. The summed E-state index contributed by atoms with van der Waals surface area (Å²) in [4.78, 5) is 0. The number of hydrogen-bond donors (Lipinski definition) is 0. The molecule has 0 aromatic heterocycles. The minimum Gasteiger partial charge on any atom is -0.393 e. The molecule has 0 spiro atoms. The van der Waals surface area contributed by atoms with Crippen molar-refractivity contribution in [2.24, 2.45) is 0 Å². The third-order valence-corrected chi connectivity index (χ3v) is 7.39. The van der Waals surface area contributed by atoms with E-state index in [-0.39, 0.29) is 0 Å². The van der Waals surface area contributed by atoms with Crippen molar-refractivity contribution in [2.75, 3.05) is 26.4 Å². The molecule has 4 nitrogen and oxygen atoms in total. The zero-order valence-corrected chi connectivity index (χ0v) is 18.1. The van der Waals surface area contributed by atoms with Crippen LogP contribution in [0.3, 0.4) is 0 Å². The zero-order chi connectivity index (χ0) is 17.6. The predicted molar refractivity (Wildman–Crippen MR) is 105 cm³/mol. The normalized spacial score (nSPS) is 11.6. The maximum atomic E-state index is 5.98. The highest BCUT2D eigenvalue weighted by Crippen LogP contribution is 1.99. The summed E-state index contributed by atoms with van der Waals surface area (Å²) in [6.45, 7) is 11.6. The summed E-state index contributed by atoms with van der Waals surface area (Å²) in [5, 5.41) is 2.39. The molecule has 0 aliphatic heterocycles. The van der Waals surface area contributed by atoms with Gasteiger partial charge in [-0.25, -0.2) is 0 Å². The molecule has 0 saturated carbocycles. The van der Waals surface area contributed by atoms with Crippen LogP contribution in [-0.4, -0.2) is 45.0 Å². The number of rotatable bonds is 14. The van der Waals surface area contributed by atoms with Gasteiger partial charge in [-0.3, -0.25) is 0 Å². The van der Waals surface area contributed by atoms with Crippen molar-refractivity contribution in [3.63, 3.8) is 0 Å². The Hall–Kier alpha value is -0.506. The van der Waals surface area contributed by atoms with Gasteiger partial charge in [0.05, 0.1) is 0 Å². The van der Waals surface area contributed by atoms with Gasteiger partial charge in [0.15, 0.2) is 0 Å². The van der Waals surface area contributed by atoms with E-state index < -0.39 is 18.6 Å². The van der Waals surface area contributed by atoms with Crippen molar-refractivity contribution in [3.8, 4) is 0 Å². The van der Waals surface area contributed by atoms with Crippen molar-refractivity contribution in [3.05, 3.63) is 24.3 Å². The third-order valence-electron chi connectivity index (χ3n) is 3.37. The van der Waals surface area contributed by atoms with Crippen molar-refractivity contribution >= 4 is 28.9 Å². The molecule has 6 heteroatoms. The lowest BCUT2D eigenvalue weighted by Gasteiger charge is -2.19. The molecule has 0 saturated heterocycles. The molecule has 1 aromatic rings. The second-order valence-electron chi connectivity index (χ2n) is 5.81. The predicted octanol–water partition coefficient (Wildman–Crippen LogP) is 2.25. The fraction of sp³-hybridized carbons (Fsp3) is 0.667. The Balaban J connectivity index is 2.77. The van der Waals surface area contributed by atoms with Gasteiger partial charge in [-0.2, -0.15) is 0 Å². The van der Waals surface area contributed by atoms with Gasteiger partial charge in [-0.15, -0.1) is 0 Å². The Morgan fingerprint density at radius 1 is 0.542 bits per heavy atom. The van der Waals surface area contributed by atoms with E-state index in [0.717, 1.165) is 52.1 Å². The van der Waals surface area contributed by atoms with E-state index in [0.29, 0.717) is 0 Å². The molecule has 0 unspecified atom stereocenters. The average molecular weight is 371 g/mol. The summed E-state index contributed by atoms with van der Waals surface area (Å²) >= 11 is 0. The van der Waals surface area contributed by atoms with Gasteiger partial charge in [-0.05, 0) is 36.1 Å². The SMILES string of the molecule is CCCO[SiH](OCCC)c1ccc([SiH](OCCC)OCCC)cc1. The smallest absolute Gasteiger partial charge is 0.355 e. The van der Waals surface area contributed by atoms with Crippen molar-refractivity contribution in [1.82, 2.24) is 0 Å². The second kappa shape index (κ2) is 13.7. The molecular weight excluding hydrogens is 336 g/mol. The largest absolute Gasteiger partial charge is 0.393 e. The van der Waals surface area contributed by atoms with E-state index >= 15 is 0 Å². The third kappa shape index (κ3) is 8.05. The van der Waals surface area contributed by atoms with Crippen molar-refractivity contribution in [1.29, 1.82) is 0 Å². The molecule has 0 fully saturated rings. The van der Waals surface area contributed by atoms with Crippen LogP contribution in [0.4, 0.5) is 0 Å². The first-order chi connectivity index (χ1) is 11.8. The summed E-state index contributed by atoms with van der Waals surface area (Å²) < 4.78 is 23.9. The lowest BCUT2D eigenvalue weighted by molar-refractivity contribution is 0.206. The van der Waals surface area contributed by atoms with Crippen LogP contribution in [0.5, 0.6) is 0 Å². The van der Waals surface area contributed by atoms with Gasteiger partial charge in [0, 0.05) is 26.4 Å². The molecule has 0 N–H and O–H groups in total. The van der Waals surface area contributed by atoms with Crippen LogP contribution in [0, 0.1) is 0 Å². The van der Waals surface area contributed by atoms with Crippen LogP contribution in [-0.2, 0) is 17.7 Å². The molecule has 0 atom stereocenters. The standard InChI is InChI=1S/C18H34O4Si2/c1-5-13-19-23(20-14-6-2)17-9-11-18(12-10-17)24(21-15-7-3)22-16-8-4/h9-12,23-24H,5-8,13-16H2,1-4H3. The highest BCUT2D eigenvalue weighted by molar-refractivity contribution is 6.63. The maximum Gasteiger partial charge on any atom is 0.355 e. The van der Waals surface area contributed by atoms with E-state index in [2.05, 4.69) is 52.0 Å². The van der Waals surface area contributed by atoms with Gasteiger partial charge >= 0.3 is 18.6 Å². The molecular formula is C18H34O4Si2. The molecule has 0 bridgehead atoms. The highest BCUT2D eigenvalue weighted by atomic mass is 28.3. The van der Waals surface area contributed by atoms with Gasteiger partial charge in [0.2, 0.25) is 0 Å². The maximum absolute atomic E-state index is 5.98. The van der Waals surface area contributed by atoms with Crippen LogP contribution >= 0.6 is 0 Å². The van der Waals surface area contributed by atoms with E-state index in [4.69, 9.17) is 17.7 Å². The second-order valence-corrected chi connectivity index (χ2v) is 9.81. The first-order valence-corrected chi connectivity index (χ1v) is 12.4. The van der Waals surface area contributed by atoms with Crippen LogP contribution in [0.2, 0.25) is 0 Å². The van der Waals surface area contributed by atoms with Crippen LogP contribution in [0.15, 0.2) is 24.3 Å². The molecule has 0 aliphatic carbocycles. The molecule has 1 rings (SSSR count). The Labute approximate surface area is 151 Å². The molecule has 0 aliphatic rings. The summed E-state index contributed by atoms with van der Waals surface area (Å²) in [6.07, 6.45) is 4.06. The quantitative estimate of drug-likeness (QED) is 0.471. The van der Waals surface area contributed by atoms with Gasteiger partial charge in [0.25, 0.3) is 0 Å². The van der Waals surface area contributed by atoms with E-state index in [1.54, 1.807) is 0 Å². The average Bonchev–Trinajstić information content (AvgIpc) is 2.62. The monoisotopic (exact) mass is 370 g/mol. The zero-order valence-electron chi connectivity index (χ0n) is 15.8. The van der Waals surface area contributed by atoms with Crippen molar-refractivity contribution < 1.29 is 17.7 Å². The van der Waals surface area contributed by atoms with E-state index in [1.165, 1.54) is 10.4 Å². The summed E-state index contributed by atoms with van der Waals surface area (Å²) in [6, 6.07) is 8.56. The Kier molecular flexibility index (Phi) is 12.3. The minimum atomic E-state index is -1.79. The molecule has 24 heavy (non-hydrogen) atoms. The number of hydrogen-bond acceptors (Lipinski definition) is 4. The molecule has 138 valence electrons. The van der Waals surface area contributed by atoms with E-state index in [9.17, 15) is 0 Å². The molecule has 0 radical (unpaired) electrons. The Bertz CT molecular complexity index is 359. The molecule has 0 heterocycles. The first-order valence-electron chi connectivity index (χ1n) is 9.32. The lowest BCUT2D eigenvalue weighted by atomic mass is 10.4. The molecule has 1 aromatic carbocycles. The Morgan fingerprint density at radius 3 is 1.00 bits per heavy atom. The lowest BCUT2D eigenvalue weighted by Crippen LogP contribution is -2.41.